The van der Waals surface area contributed by atoms with Gasteiger partial charge >= 0.3 is 39.5 Å². The summed E-state index contributed by atoms with van der Waals surface area (Å²) in [6, 6.07) is 0. The second-order valence-electron chi connectivity index (χ2n) is 29.7. The summed E-state index contributed by atoms with van der Waals surface area (Å²) in [4.78, 5) is 72.8. The highest BCUT2D eigenvalue weighted by Gasteiger charge is 2.30. The van der Waals surface area contributed by atoms with E-state index in [-0.39, 0.29) is 25.7 Å². The summed E-state index contributed by atoms with van der Waals surface area (Å²) >= 11 is 0. The fraction of sp³-hybridized carbons (Fsp3) is 0.948. The van der Waals surface area contributed by atoms with Crippen LogP contribution in [0.25, 0.3) is 0 Å². The quantitative estimate of drug-likeness (QED) is 0.0222. The molecule has 0 aromatic rings. The molecule has 0 aromatic carbocycles. The first-order valence-corrected chi connectivity index (χ1v) is 42.7. The number of hydrogen-bond acceptors (Lipinski definition) is 15. The second-order valence-corrected chi connectivity index (χ2v) is 32.6. The first kappa shape index (κ1) is 94.1. The topological polar surface area (TPSA) is 237 Å². The molecule has 96 heavy (non-hydrogen) atoms. The Morgan fingerprint density at radius 3 is 0.646 bits per heavy atom. The maximum atomic E-state index is 13.1. The van der Waals surface area contributed by atoms with Gasteiger partial charge in [-0.05, 0) is 49.4 Å². The van der Waals surface area contributed by atoms with Gasteiger partial charge in [0.15, 0.2) is 12.2 Å². The van der Waals surface area contributed by atoms with Crippen molar-refractivity contribution >= 4 is 39.5 Å². The molecule has 0 rings (SSSR count). The largest absolute Gasteiger partial charge is 0.472 e. The lowest BCUT2D eigenvalue weighted by Gasteiger charge is -2.21. The van der Waals surface area contributed by atoms with Gasteiger partial charge in [0.1, 0.15) is 19.3 Å². The van der Waals surface area contributed by atoms with Gasteiger partial charge in [-0.3, -0.25) is 37.3 Å². The van der Waals surface area contributed by atoms with Gasteiger partial charge in [-0.15, -0.1) is 0 Å². The molecule has 0 aliphatic rings. The van der Waals surface area contributed by atoms with Gasteiger partial charge in [-0.25, -0.2) is 9.13 Å². The van der Waals surface area contributed by atoms with Crippen LogP contribution in [0.5, 0.6) is 0 Å². The number of aliphatic hydroxyl groups is 1. The number of ether oxygens (including phenoxy) is 4. The van der Waals surface area contributed by atoms with E-state index >= 15 is 0 Å². The SMILES string of the molecule is CC(C)CCCCCCCCCCCCCCCCCCC(=O)OC[C@H](COP(=O)(O)OCC(O)COP(=O)(O)OC[C@@H](COC(=O)CCCCCCCCCCC(C)C)OC(=O)CCCCCCCCCCCC(C)C)OC(=O)CCCCCCCCCCCCCC(C)C. The van der Waals surface area contributed by atoms with Crippen molar-refractivity contribution in [3.05, 3.63) is 0 Å². The molecule has 0 bridgehead atoms. The summed E-state index contributed by atoms with van der Waals surface area (Å²) in [5, 5.41) is 10.6. The lowest BCUT2D eigenvalue weighted by atomic mass is 10.0. The van der Waals surface area contributed by atoms with Crippen molar-refractivity contribution in [1.82, 2.24) is 0 Å². The van der Waals surface area contributed by atoms with Crippen LogP contribution in [0, 0.1) is 23.7 Å². The lowest BCUT2D eigenvalue weighted by Crippen LogP contribution is -2.30. The van der Waals surface area contributed by atoms with E-state index in [9.17, 15) is 43.2 Å². The number of unbranched alkanes of at least 4 members (excludes halogenated alkanes) is 40. The van der Waals surface area contributed by atoms with Crippen molar-refractivity contribution in [3.8, 4) is 0 Å². The summed E-state index contributed by atoms with van der Waals surface area (Å²) in [5.41, 5.74) is 0. The van der Waals surface area contributed by atoms with E-state index in [0.29, 0.717) is 25.7 Å². The Morgan fingerprint density at radius 2 is 0.438 bits per heavy atom. The Kier molecular flexibility index (Phi) is 65.0. The normalized spacial score (nSPS) is 14.1. The zero-order valence-corrected chi connectivity index (χ0v) is 64.8. The van der Waals surface area contributed by atoms with E-state index in [1.165, 1.54) is 193 Å². The standard InChI is InChI=1S/C77H150O17P2/c1-67(2)53-45-37-29-21-16-13-11-9-10-12-14-18-24-33-41-49-57-74(79)87-63-72(93-76(81)59-51-43-35-25-19-15-17-22-30-38-46-54-68(3)4)65-91-95(83,84)89-61-71(78)62-90-96(85,86)92-66-73(64-88-75(80)58-50-42-34-28-27-32-40-48-56-70(7)8)94-77(82)60-52-44-36-26-20-23-31-39-47-55-69(5)6/h67-73,78H,9-66H2,1-8H3,(H,83,84)(H,85,86)/t71?,72-,73-/m1/s1. The zero-order chi connectivity index (χ0) is 71.0. The summed E-state index contributed by atoms with van der Waals surface area (Å²) in [6.07, 6.45) is 51.4. The van der Waals surface area contributed by atoms with Crippen LogP contribution in [-0.4, -0.2) is 96.7 Å². The van der Waals surface area contributed by atoms with Gasteiger partial charge in [0.05, 0.1) is 26.4 Å². The lowest BCUT2D eigenvalue weighted by molar-refractivity contribution is -0.161. The minimum absolute atomic E-state index is 0.104. The molecule has 0 aliphatic heterocycles. The number of aliphatic hydroxyl groups excluding tert-OH is 1. The molecule has 0 spiro atoms. The van der Waals surface area contributed by atoms with Crippen molar-refractivity contribution in [1.29, 1.82) is 0 Å². The number of esters is 4. The summed E-state index contributed by atoms with van der Waals surface area (Å²) in [6.45, 7) is 14.2. The fourth-order valence-electron chi connectivity index (χ4n) is 11.7. The predicted octanol–water partition coefficient (Wildman–Crippen LogP) is 22.4. The third kappa shape index (κ3) is 70.5. The third-order valence-corrected chi connectivity index (χ3v) is 19.7. The van der Waals surface area contributed by atoms with Crippen LogP contribution in [0.15, 0.2) is 0 Å². The average molecular weight is 1410 g/mol. The molecule has 17 nitrogen and oxygen atoms in total. The molecule has 3 N–H and O–H groups in total. The minimum Gasteiger partial charge on any atom is -0.462 e. The summed E-state index contributed by atoms with van der Waals surface area (Å²) in [5.74, 6) is 0.920. The Hall–Kier alpha value is -1.94. The van der Waals surface area contributed by atoms with Crippen LogP contribution in [0.2, 0.25) is 0 Å². The minimum atomic E-state index is -4.96. The van der Waals surface area contributed by atoms with Gasteiger partial charge in [-0.2, -0.15) is 0 Å². The molecule has 570 valence electrons. The molecular formula is C77H150O17P2. The van der Waals surface area contributed by atoms with E-state index in [2.05, 4.69) is 55.4 Å². The zero-order valence-electron chi connectivity index (χ0n) is 63.0. The number of carbonyl (C=O) groups excluding carboxylic acids is 4. The first-order chi connectivity index (χ1) is 46.1. The molecule has 0 aromatic heterocycles. The monoisotopic (exact) mass is 1410 g/mol. The molecule has 19 heteroatoms. The molecule has 0 fully saturated rings. The van der Waals surface area contributed by atoms with E-state index in [0.717, 1.165) is 114 Å². The molecule has 0 saturated carbocycles. The number of hydrogen-bond donors (Lipinski definition) is 3. The Morgan fingerprint density at radius 1 is 0.260 bits per heavy atom. The van der Waals surface area contributed by atoms with Crippen molar-refractivity contribution in [3.63, 3.8) is 0 Å². The Balaban J connectivity index is 5.23. The van der Waals surface area contributed by atoms with Crippen molar-refractivity contribution < 1.29 is 80.2 Å². The Labute approximate surface area is 588 Å². The van der Waals surface area contributed by atoms with E-state index in [1.54, 1.807) is 0 Å². The number of rotatable bonds is 74. The molecule has 0 heterocycles. The van der Waals surface area contributed by atoms with Gasteiger partial charge in [0, 0.05) is 25.7 Å². The molecule has 0 radical (unpaired) electrons. The highest BCUT2D eigenvalue weighted by Crippen LogP contribution is 2.45. The summed E-state index contributed by atoms with van der Waals surface area (Å²) in [7, 11) is -9.91. The van der Waals surface area contributed by atoms with Crippen LogP contribution in [0.4, 0.5) is 0 Å². The highest BCUT2D eigenvalue weighted by atomic mass is 31.2. The molecule has 0 aliphatic carbocycles. The third-order valence-electron chi connectivity index (χ3n) is 17.8. The van der Waals surface area contributed by atoms with Gasteiger partial charge in [-0.1, -0.05) is 338 Å². The molecule has 5 atom stereocenters. The van der Waals surface area contributed by atoms with Crippen molar-refractivity contribution in [2.75, 3.05) is 39.6 Å². The number of phosphoric ester groups is 2. The maximum absolute atomic E-state index is 13.1. The van der Waals surface area contributed by atoms with E-state index in [4.69, 9.17) is 37.0 Å². The van der Waals surface area contributed by atoms with Gasteiger partial charge in [0.25, 0.3) is 0 Å². The van der Waals surface area contributed by atoms with Gasteiger partial charge < -0.3 is 33.8 Å². The molecule has 0 saturated heterocycles. The van der Waals surface area contributed by atoms with Crippen LogP contribution >= 0.6 is 15.6 Å². The average Bonchev–Trinajstić information content (AvgIpc) is 1.12. The highest BCUT2D eigenvalue weighted by molar-refractivity contribution is 7.47. The van der Waals surface area contributed by atoms with E-state index < -0.39 is 97.5 Å². The maximum Gasteiger partial charge on any atom is 0.472 e. The van der Waals surface area contributed by atoms with E-state index in [1.807, 2.05) is 0 Å². The second kappa shape index (κ2) is 66.3. The Bertz CT molecular complexity index is 1880. The van der Waals surface area contributed by atoms with Crippen LogP contribution in [-0.2, 0) is 65.4 Å². The summed E-state index contributed by atoms with van der Waals surface area (Å²) < 4.78 is 68.5. The van der Waals surface area contributed by atoms with Crippen molar-refractivity contribution in [2.45, 2.75) is 408 Å². The first-order valence-electron chi connectivity index (χ1n) is 39.7. The number of phosphoric acid groups is 2. The van der Waals surface area contributed by atoms with Gasteiger partial charge in [0.2, 0.25) is 0 Å². The van der Waals surface area contributed by atoms with Crippen LogP contribution in [0.1, 0.15) is 389 Å². The molecular weight excluding hydrogens is 1260 g/mol. The molecule has 3 unspecified atom stereocenters. The fourth-order valence-corrected chi connectivity index (χ4v) is 13.3. The smallest absolute Gasteiger partial charge is 0.462 e. The molecule has 0 amide bonds. The van der Waals surface area contributed by atoms with Crippen LogP contribution < -0.4 is 0 Å². The van der Waals surface area contributed by atoms with Crippen LogP contribution in [0.3, 0.4) is 0 Å². The predicted molar refractivity (Wildman–Crippen MR) is 391 cm³/mol. The van der Waals surface area contributed by atoms with Crippen molar-refractivity contribution in [2.24, 2.45) is 23.7 Å². The number of carbonyl (C=O) groups is 4.